The van der Waals surface area contributed by atoms with Crippen molar-refractivity contribution in [3.8, 4) is 0 Å². The van der Waals surface area contributed by atoms with Crippen molar-refractivity contribution < 1.29 is 9.53 Å². The minimum Gasteiger partial charge on any atom is -0.468 e. The molecular weight excluding hydrogens is 272 g/mol. The van der Waals surface area contributed by atoms with Gasteiger partial charge in [-0.15, -0.1) is 11.3 Å². The maximum Gasteiger partial charge on any atom is 0.316 e. The molecule has 0 aliphatic heterocycles. The second kappa shape index (κ2) is 5.51. The maximum absolute atomic E-state index is 11.2. The molecule has 8 heteroatoms. The predicted molar refractivity (Wildman–Crippen MR) is 72.7 cm³/mol. The van der Waals surface area contributed by atoms with Crippen LogP contribution in [0.25, 0.3) is 10.2 Å². The van der Waals surface area contributed by atoms with E-state index in [2.05, 4.69) is 20.1 Å². The molecule has 96 valence electrons. The first kappa shape index (κ1) is 13.1. The first-order valence-electron chi connectivity index (χ1n) is 5.08. The van der Waals surface area contributed by atoms with Crippen molar-refractivity contribution in [3.63, 3.8) is 0 Å². The lowest BCUT2D eigenvalue weighted by atomic mass is 10.4. The number of esters is 1. The number of aryl methyl sites for hydroxylation is 1. The van der Waals surface area contributed by atoms with E-state index in [1.807, 2.05) is 13.0 Å². The van der Waals surface area contributed by atoms with Gasteiger partial charge in [-0.2, -0.15) is 0 Å². The molecule has 0 unspecified atom stereocenters. The normalized spacial score (nSPS) is 10.6. The number of carbonyl (C=O) groups excluding carboxylic acids is 1. The summed E-state index contributed by atoms with van der Waals surface area (Å²) >= 11 is 2.87. The highest BCUT2D eigenvalue weighted by molar-refractivity contribution is 8.00. The molecule has 3 N–H and O–H groups in total. The van der Waals surface area contributed by atoms with Crippen LogP contribution in [0.3, 0.4) is 0 Å². The molecule has 0 saturated carbocycles. The Labute approximate surface area is 112 Å². The summed E-state index contributed by atoms with van der Waals surface area (Å²) in [5.74, 6) is 5.59. The molecule has 18 heavy (non-hydrogen) atoms. The molecular formula is C10H12N4O2S2. The summed E-state index contributed by atoms with van der Waals surface area (Å²) < 4.78 is 4.60. The van der Waals surface area contributed by atoms with Crippen LogP contribution in [-0.2, 0) is 9.53 Å². The average molecular weight is 284 g/mol. The number of fused-ring (bicyclic) bond motifs is 1. The molecule has 2 rings (SSSR count). The van der Waals surface area contributed by atoms with Gasteiger partial charge in [-0.3, -0.25) is 10.2 Å². The minimum atomic E-state index is -0.291. The second-order valence-corrected chi connectivity index (χ2v) is 5.64. The van der Waals surface area contributed by atoms with Crippen LogP contribution in [0.4, 0.5) is 5.95 Å². The van der Waals surface area contributed by atoms with Gasteiger partial charge in [-0.1, -0.05) is 11.8 Å². The number of anilines is 1. The number of hydrogen-bond acceptors (Lipinski definition) is 8. The number of rotatable bonds is 4. The lowest BCUT2D eigenvalue weighted by molar-refractivity contribution is -0.137. The van der Waals surface area contributed by atoms with E-state index in [4.69, 9.17) is 5.84 Å². The Morgan fingerprint density at radius 3 is 3.06 bits per heavy atom. The van der Waals surface area contributed by atoms with Gasteiger partial charge in [0, 0.05) is 10.3 Å². The highest BCUT2D eigenvalue weighted by Crippen LogP contribution is 2.31. The SMILES string of the molecule is COC(=O)CSc1nc(NN)nc2sc(C)cc12. The lowest BCUT2D eigenvalue weighted by Crippen LogP contribution is -2.11. The molecule has 2 aromatic rings. The molecule has 6 nitrogen and oxygen atoms in total. The largest absolute Gasteiger partial charge is 0.468 e. The first-order valence-corrected chi connectivity index (χ1v) is 6.88. The number of nitrogen functional groups attached to an aromatic ring is 1. The van der Waals surface area contributed by atoms with E-state index < -0.39 is 0 Å². The quantitative estimate of drug-likeness (QED) is 0.289. The van der Waals surface area contributed by atoms with Gasteiger partial charge < -0.3 is 4.74 Å². The molecule has 0 saturated heterocycles. The Kier molecular flexibility index (Phi) is 4.00. The Morgan fingerprint density at radius 1 is 1.61 bits per heavy atom. The molecule has 2 heterocycles. The fourth-order valence-corrected chi connectivity index (χ4v) is 3.16. The van der Waals surface area contributed by atoms with E-state index in [1.54, 1.807) is 11.3 Å². The molecule has 0 atom stereocenters. The molecule has 0 fully saturated rings. The molecule has 0 radical (unpaired) electrons. The molecule has 0 bridgehead atoms. The number of carbonyl (C=O) groups is 1. The third-order valence-corrected chi connectivity index (χ3v) is 4.07. The third-order valence-electron chi connectivity index (χ3n) is 2.16. The highest BCUT2D eigenvalue weighted by atomic mass is 32.2. The van der Waals surface area contributed by atoms with Crippen LogP contribution in [0, 0.1) is 6.92 Å². The van der Waals surface area contributed by atoms with Crippen molar-refractivity contribution in [1.82, 2.24) is 9.97 Å². The van der Waals surface area contributed by atoms with Gasteiger partial charge in [0.1, 0.15) is 9.86 Å². The van der Waals surface area contributed by atoms with Crippen LogP contribution in [0.2, 0.25) is 0 Å². The van der Waals surface area contributed by atoms with E-state index in [-0.39, 0.29) is 11.7 Å². The van der Waals surface area contributed by atoms with Crippen LogP contribution < -0.4 is 11.3 Å². The lowest BCUT2D eigenvalue weighted by Gasteiger charge is -2.04. The van der Waals surface area contributed by atoms with Crippen LogP contribution in [0.15, 0.2) is 11.1 Å². The predicted octanol–water partition coefficient (Wildman–Crippen LogP) is 1.55. The Balaban J connectivity index is 2.37. The van der Waals surface area contributed by atoms with Crippen molar-refractivity contribution in [2.24, 2.45) is 5.84 Å². The number of methoxy groups -OCH3 is 1. The Morgan fingerprint density at radius 2 is 2.39 bits per heavy atom. The smallest absolute Gasteiger partial charge is 0.316 e. The van der Waals surface area contributed by atoms with E-state index in [9.17, 15) is 4.79 Å². The Bertz CT molecular complexity index is 585. The fourth-order valence-electron chi connectivity index (χ4n) is 1.38. The monoisotopic (exact) mass is 284 g/mol. The number of hydrazine groups is 1. The van der Waals surface area contributed by atoms with Gasteiger partial charge in [0.15, 0.2) is 0 Å². The van der Waals surface area contributed by atoms with Crippen LogP contribution in [-0.4, -0.2) is 28.8 Å². The molecule has 0 aromatic carbocycles. The zero-order chi connectivity index (χ0) is 13.1. The number of thioether (sulfide) groups is 1. The van der Waals surface area contributed by atoms with Crippen LogP contribution >= 0.6 is 23.1 Å². The van der Waals surface area contributed by atoms with E-state index in [0.29, 0.717) is 5.95 Å². The van der Waals surface area contributed by atoms with Gasteiger partial charge in [-0.25, -0.2) is 15.8 Å². The van der Waals surface area contributed by atoms with Gasteiger partial charge in [-0.05, 0) is 13.0 Å². The number of aromatic nitrogens is 2. The molecule has 0 spiro atoms. The number of nitrogens with two attached hydrogens (primary N) is 1. The van der Waals surface area contributed by atoms with Crippen molar-refractivity contribution >= 4 is 45.2 Å². The van der Waals surface area contributed by atoms with Crippen LogP contribution in [0.1, 0.15) is 4.88 Å². The van der Waals surface area contributed by atoms with Gasteiger partial charge >= 0.3 is 5.97 Å². The van der Waals surface area contributed by atoms with E-state index >= 15 is 0 Å². The topological polar surface area (TPSA) is 90.1 Å². The van der Waals surface area contributed by atoms with Crippen molar-refractivity contribution in [3.05, 3.63) is 10.9 Å². The molecule has 0 aliphatic carbocycles. The summed E-state index contributed by atoms with van der Waals surface area (Å²) in [5.41, 5.74) is 2.43. The molecule has 0 aliphatic rings. The Hall–Kier alpha value is -1.38. The van der Waals surface area contributed by atoms with Gasteiger partial charge in [0.05, 0.1) is 12.9 Å². The van der Waals surface area contributed by atoms with Crippen molar-refractivity contribution in [2.75, 3.05) is 18.3 Å². The summed E-state index contributed by atoms with van der Waals surface area (Å²) in [6.45, 7) is 2.00. The first-order chi connectivity index (χ1) is 8.63. The summed E-state index contributed by atoms with van der Waals surface area (Å²) in [4.78, 5) is 21.7. The number of nitrogens with zero attached hydrogens (tertiary/aromatic N) is 2. The number of thiophene rings is 1. The number of ether oxygens (including phenoxy) is 1. The summed E-state index contributed by atoms with van der Waals surface area (Å²) in [7, 11) is 1.36. The van der Waals surface area contributed by atoms with Crippen molar-refractivity contribution in [1.29, 1.82) is 0 Å². The van der Waals surface area contributed by atoms with Crippen molar-refractivity contribution in [2.45, 2.75) is 11.9 Å². The second-order valence-electron chi connectivity index (χ2n) is 3.44. The van der Waals surface area contributed by atoms with Gasteiger partial charge in [0.25, 0.3) is 0 Å². The third kappa shape index (κ3) is 2.71. The molecule has 2 aromatic heterocycles. The standard InChI is InChI=1S/C10H12N4O2S2/c1-5-3-6-8(17-4-7(15)16-2)12-10(14-11)13-9(6)18-5/h3H,4,11H2,1-2H3,(H,12,13,14). The zero-order valence-corrected chi connectivity index (χ0v) is 11.5. The number of hydrogen-bond donors (Lipinski definition) is 2. The van der Waals surface area contributed by atoms with E-state index in [1.165, 1.54) is 18.9 Å². The minimum absolute atomic E-state index is 0.210. The summed E-state index contributed by atoms with van der Waals surface area (Å²) in [5, 5.41) is 1.66. The fraction of sp³-hybridized carbons (Fsp3) is 0.300. The highest BCUT2D eigenvalue weighted by Gasteiger charge is 2.12. The zero-order valence-electron chi connectivity index (χ0n) is 9.89. The van der Waals surface area contributed by atoms with Crippen LogP contribution in [0.5, 0.6) is 0 Å². The van der Waals surface area contributed by atoms with Gasteiger partial charge in [0.2, 0.25) is 5.95 Å². The number of nitrogens with one attached hydrogen (secondary N) is 1. The summed E-state index contributed by atoms with van der Waals surface area (Å²) in [6.07, 6.45) is 0. The summed E-state index contributed by atoms with van der Waals surface area (Å²) in [6, 6.07) is 2.00. The maximum atomic E-state index is 11.2. The van der Waals surface area contributed by atoms with E-state index in [0.717, 1.165) is 20.1 Å². The molecule has 0 amide bonds. The average Bonchev–Trinajstić information content (AvgIpc) is 2.75.